The quantitative estimate of drug-likeness (QED) is 0.158. The van der Waals surface area contributed by atoms with Crippen LogP contribution in [0.1, 0.15) is 37.7 Å². The zero-order valence-electron chi connectivity index (χ0n) is 15.4. The van der Waals surface area contributed by atoms with Gasteiger partial charge in [-0.3, -0.25) is 15.1 Å². The molecule has 1 fully saturated rings. The van der Waals surface area contributed by atoms with Crippen molar-refractivity contribution in [3.8, 4) is 0 Å². The molecule has 26 heavy (non-hydrogen) atoms. The molecule has 0 bridgehead atoms. The Balaban J connectivity index is 0.00000338. The number of hydrogen-bond acceptors (Lipinski definition) is 4. The fourth-order valence-corrected chi connectivity index (χ4v) is 3.11. The van der Waals surface area contributed by atoms with Crippen LogP contribution in [0.3, 0.4) is 0 Å². The summed E-state index contributed by atoms with van der Waals surface area (Å²) >= 11 is 0. The van der Waals surface area contributed by atoms with Gasteiger partial charge >= 0.3 is 0 Å². The highest BCUT2D eigenvalue weighted by molar-refractivity contribution is 14.0. The number of nitrogens with zero attached hydrogens (tertiary/aromatic N) is 3. The topological polar surface area (TPSA) is 82.8 Å². The Morgan fingerprint density at radius 2 is 1.88 bits per heavy atom. The first-order valence-corrected chi connectivity index (χ1v) is 9.10. The van der Waals surface area contributed by atoms with Gasteiger partial charge in [-0.1, -0.05) is 31.0 Å². The van der Waals surface area contributed by atoms with Crippen molar-refractivity contribution in [2.45, 2.75) is 38.6 Å². The molecule has 2 N–H and O–H groups in total. The number of benzene rings is 1. The Hall–Kier alpha value is -1.42. The third-order valence-electron chi connectivity index (χ3n) is 4.50. The molecule has 8 heteroatoms. The number of nitro groups is 1. The van der Waals surface area contributed by atoms with Crippen LogP contribution in [0.15, 0.2) is 29.3 Å². The molecule has 1 aromatic carbocycles. The van der Waals surface area contributed by atoms with Crippen molar-refractivity contribution in [1.82, 2.24) is 15.5 Å². The second-order valence-corrected chi connectivity index (χ2v) is 6.35. The molecule has 1 heterocycles. The number of guanidine groups is 1. The predicted octanol–water partition coefficient (Wildman–Crippen LogP) is 3.14. The normalized spacial score (nSPS) is 15.7. The van der Waals surface area contributed by atoms with E-state index < -0.39 is 0 Å². The van der Waals surface area contributed by atoms with Crippen molar-refractivity contribution in [3.63, 3.8) is 0 Å². The number of likely N-dealkylation sites (tertiary alicyclic amines) is 1. The highest BCUT2D eigenvalue weighted by Crippen LogP contribution is 2.17. The SMILES string of the molecule is CN=C(NCCCN1CCCCCC1)NCc1ccccc1[N+](=O)[O-].I. The average Bonchev–Trinajstić information content (AvgIpc) is 2.90. The van der Waals surface area contributed by atoms with Crippen LogP contribution in [0, 0.1) is 10.1 Å². The lowest BCUT2D eigenvalue weighted by Crippen LogP contribution is -2.38. The van der Waals surface area contributed by atoms with Crippen molar-refractivity contribution in [1.29, 1.82) is 0 Å². The lowest BCUT2D eigenvalue weighted by Gasteiger charge is -2.20. The Kier molecular flexibility index (Phi) is 11.2. The summed E-state index contributed by atoms with van der Waals surface area (Å²) in [6.45, 7) is 4.75. The summed E-state index contributed by atoms with van der Waals surface area (Å²) in [6.07, 6.45) is 6.40. The van der Waals surface area contributed by atoms with E-state index in [4.69, 9.17) is 0 Å². The molecular weight excluding hydrogens is 445 g/mol. The molecule has 1 aliphatic rings. The van der Waals surface area contributed by atoms with Crippen LogP contribution in [0.25, 0.3) is 0 Å². The number of para-hydroxylation sites is 1. The van der Waals surface area contributed by atoms with E-state index in [9.17, 15) is 10.1 Å². The van der Waals surface area contributed by atoms with E-state index in [1.165, 1.54) is 44.8 Å². The Labute approximate surface area is 172 Å². The van der Waals surface area contributed by atoms with Gasteiger partial charge < -0.3 is 15.5 Å². The van der Waals surface area contributed by atoms with E-state index >= 15 is 0 Å². The van der Waals surface area contributed by atoms with Crippen molar-refractivity contribution >= 4 is 35.6 Å². The molecule has 0 amide bonds. The summed E-state index contributed by atoms with van der Waals surface area (Å²) in [5.41, 5.74) is 0.784. The monoisotopic (exact) mass is 475 g/mol. The van der Waals surface area contributed by atoms with Crippen molar-refractivity contribution in [2.24, 2.45) is 4.99 Å². The first-order chi connectivity index (χ1) is 12.2. The van der Waals surface area contributed by atoms with E-state index in [2.05, 4.69) is 20.5 Å². The van der Waals surface area contributed by atoms with Crippen LogP contribution in [-0.2, 0) is 6.54 Å². The number of nitro benzene ring substituents is 1. The molecule has 1 aromatic rings. The van der Waals surface area contributed by atoms with E-state index in [1.54, 1.807) is 25.2 Å². The maximum atomic E-state index is 11.0. The number of hydrogen-bond donors (Lipinski definition) is 2. The van der Waals surface area contributed by atoms with Crippen molar-refractivity contribution < 1.29 is 4.92 Å². The summed E-state index contributed by atoms with van der Waals surface area (Å²) in [7, 11) is 1.71. The lowest BCUT2D eigenvalue weighted by atomic mass is 10.2. The van der Waals surface area contributed by atoms with Crippen LogP contribution in [-0.4, -0.2) is 49.0 Å². The Bertz CT molecular complexity index is 574. The predicted molar refractivity (Wildman–Crippen MR) is 116 cm³/mol. The molecule has 0 radical (unpaired) electrons. The molecule has 0 aromatic heterocycles. The lowest BCUT2D eigenvalue weighted by molar-refractivity contribution is -0.385. The summed E-state index contributed by atoms with van der Waals surface area (Å²) in [4.78, 5) is 17.4. The Morgan fingerprint density at radius 1 is 1.19 bits per heavy atom. The number of halogens is 1. The van der Waals surface area contributed by atoms with Crippen LogP contribution in [0.2, 0.25) is 0 Å². The van der Waals surface area contributed by atoms with E-state index in [0.29, 0.717) is 18.1 Å². The van der Waals surface area contributed by atoms with E-state index in [-0.39, 0.29) is 34.6 Å². The van der Waals surface area contributed by atoms with Crippen LogP contribution < -0.4 is 10.6 Å². The fraction of sp³-hybridized carbons (Fsp3) is 0.611. The van der Waals surface area contributed by atoms with Gasteiger partial charge in [0.2, 0.25) is 0 Å². The van der Waals surface area contributed by atoms with Gasteiger partial charge in [-0.2, -0.15) is 0 Å². The van der Waals surface area contributed by atoms with Crippen molar-refractivity contribution in [3.05, 3.63) is 39.9 Å². The van der Waals surface area contributed by atoms with Gasteiger partial charge in [-0.15, -0.1) is 24.0 Å². The maximum absolute atomic E-state index is 11.0. The smallest absolute Gasteiger partial charge is 0.274 e. The second-order valence-electron chi connectivity index (χ2n) is 6.35. The maximum Gasteiger partial charge on any atom is 0.274 e. The standard InChI is InChI=1S/C18H29N5O2.HI/c1-19-18(20-11-8-14-22-12-6-2-3-7-13-22)21-15-16-9-4-5-10-17(16)23(24)25;/h4-5,9-10H,2-3,6-8,11-15H2,1H3,(H2,19,20,21);1H. The molecule has 0 saturated carbocycles. The van der Waals surface area contributed by atoms with E-state index in [0.717, 1.165) is 19.5 Å². The highest BCUT2D eigenvalue weighted by Gasteiger charge is 2.12. The molecule has 0 spiro atoms. The summed E-state index contributed by atoms with van der Waals surface area (Å²) in [6, 6.07) is 6.77. The highest BCUT2D eigenvalue weighted by atomic mass is 127. The fourth-order valence-electron chi connectivity index (χ4n) is 3.11. The molecule has 146 valence electrons. The first kappa shape index (κ1) is 22.6. The summed E-state index contributed by atoms with van der Waals surface area (Å²) in [5, 5.41) is 17.5. The first-order valence-electron chi connectivity index (χ1n) is 9.10. The minimum absolute atomic E-state index is 0. The van der Waals surface area contributed by atoms with Gasteiger partial charge in [-0.05, 0) is 38.9 Å². The van der Waals surface area contributed by atoms with Gasteiger partial charge in [0.05, 0.1) is 4.92 Å². The van der Waals surface area contributed by atoms with Crippen LogP contribution in [0.5, 0.6) is 0 Å². The molecule has 0 aliphatic carbocycles. The third-order valence-corrected chi connectivity index (χ3v) is 4.50. The largest absolute Gasteiger partial charge is 0.356 e. The molecule has 0 unspecified atom stereocenters. The minimum Gasteiger partial charge on any atom is -0.356 e. The zero-order valence-corrected chi connectivity index (χ0v) is 17.8. The molecule has 2 rings (SSSR count). The second kappa shape index (κ2) is 12.9. The molecule has 1 saturated heterocycles. The van der Waals surface area contributed by atoms with E-state index in [1.807, 2.05) is 0 Å². The van der Waals surface area contributed by atoms with Gasteiger partial charge in [0, 0.05) is 31.8 Å². The number of nitrogens with one attached hydrogen (secondary N) is 2. The molecule has 1 aliphatic heterocycles. The molecule has 0 atom stereocenters. The van der Waals surface area contributed by atoms with Crippen LogP contribution in [0.4, 0.5) is 5.69 Å². The molecule has 7 nitrogen and oxygen atoms in total. The summed E-state index contributed by atoms with van der Waals surface area (Å²) < 4.78 is 0. The van der Waals surface area contributed by atoms with Crippen molar-refractivity contribution in [2.75, 3.05) is 33.2 Å². The van der Waals surface area contributed by atoms with Gasteiger partial charge in [0.25, 0.3) is 5.69 Å². The zero-order chi connectivity index (χ0) is 17.9. The number of rotatable bonds is 7. The molecular formula is C18H30IN5O2. The van der Waals surface area contributed by atoms with Crippen LogP contribution >= 0.6 is 24.0 Å². The minimum atomic E-state index is -0.353. The number of aliphatic imine (C=N–C) groups is 1. The summed E-state index contributed by atoms with van der Waals surface area (Å²) in [5.74, 6) is 0.675. The van der Waals surface area contributed by atoms with Gasteiger partial charge in [0.1, 0.15) is 0 Å². The third kappa shape index (κ3) is 7.86. The Morgan fingerprint density at radius 3 is 2.54 bits per heavy atom. The van der Waals surface area contributed by atoms with Gasteiger partial charge in [-0.25, -0.2) is 0 Å². The van der Waals surface area contributed by atoms with Gasteiger partial charge in [0.15, 0.2) is 5.96 Å². The average molecular weight is 475 g/mol.